The van der Waals surface area contributed by atoms with Gasteiger partial charge in [0.2, 0.25) is 0 Å². The molecule has 0 N–H and O–H groups in total. The van der Waals surface area contributed by atoms with E-state index < -0.39 is 24.5 Å². The fraction of sp³-hybridized carbons (Fsp3) is 0.650. The van der Waals surface area contributed by atoms with E-state index in [-0.39, 0.29) is 0 Å². The molecule has 0 aliphatic carbocycles. The number of hydrogen-bond donors (Lipinski definition) is 0. The Morgan fingerprint density at radius 1 is 0.958 bits per heavy atom. The molecule has 1 rings (SSSR count). The molecule has 1 aromatic rings. The van der Waals surface area contributed by atoms with Crippen molar-refractivity contribution < 1.29 is 14.3 Å². The topological polar surface area (TPSA) is 35.5 Å². The predicted octanol–water partition coefficient (Wildman–Crippen LogP) is 5.89. The van der Waals surface area contributed by atoms with E-state index in [2.05, 4.69) is 37.6 Å². The van der Waals surface area contributed by atoms with E-state index in [1.807, 2.05) is 12.1 Å². The van der Waals surface area contributed by atoms with Crippen molar-refractivity contribution in [2.75, 3.05) is 7.11 Å². The first-order chi connectivity index (χ1) is 11.6. The summed E-state index contributed by atoms with van der Waals surface area (Å²) in [6.07, 6.45) is 7.12. The van der Waals surface area contributed by atoms with Gasteiger partial charge in [-0.3, -0.25) is 0 Å². The third-order valence-corrected chi connectivity index (χ3v) is 20.4. The first-order valence-electron chi connectivity index (χ1n) is 9.48. The molecule has 0 aliphatic rings. The van der Waals surface area contributed by atoms with Gasteiger partial charge in [-0.15, -0.1) is 0 Å². The summed E-state index contributed by atoms with van der Waals surface area (Å²) in [5.74, 6) is 0.630. The van der Waals surface area contributed by atoms with Crippen molar-refractivity contribution in [1.29, 1.82) is 0 Å². The molecule has 0 aliphatic heterocycles. The third-order valence-electron chi connectivity index (χ3n) is 4.84. The summed E-state index contributed by atoms with van der Waals surface area (Å²) in [5, 5.41) is 0. The van der Waals surface area contributed by atoms with Crippen LogP contribution in [0.4, 0.5) is 4.79 Å². The average molecular weight is 441 g/mol. The van der Waals surface area contributed by atoms with Crippen molar-refractivity contribution >= 4 is 28.1 Å². The van der Waals surface area contributed by atoms with Crippen LogP contribution in [0.3, 0.4) is 0 Å². The van der Waals surface area contributed by atoms with E-state index in [1.54, 1.807) is 0 Å². The Morgan fingerprint density at radius 2 is 1.50 bits per heavy atom. The SMILES string of the molecule is CCC[CH2][Sn]([CH2]CCC)([CH2]CCC)[c]1cccc(OC(=O)OC)c1. The van der Waals surface area contributed by atoms with Crippen molar-refractivity contribution in [2.45, 2.75) is 72.6 Å². The van der Waals surface area contributed by atoms with Gasteiger partial charge in [-0.05, 0) is 0 Å². The van der Waals surface area contributed by atoms with E-state index in [0.717, 1.165) is 0 Å². The summed E-state index contributed by atoms with van der Waals surface area (Å²) in [6.45, 7) is 6.85. The number of ether oxygens (including phenoxy) is 2. The van der Waals surface area contributed by atoms with E-state index >= 15 is 0 Å². The Kier molecular flexibility index (Phi) is 10.5. The van der Waals surface area contributed by atoms with Crippen LogP contribution in [-0.2, 0) is 4.74 Å². The van der Waals surface area contributed by atoms with Crippen molar-refractivity contribution in [1.82, 2.24) is 0 Å². The molecule has 24 heavy (non-hydrogen) atoms. The first kappa shape index (κ1) is 21.3. The molecule has 0 amide bonds. The number of methoxy groups -OCH3 is 1. The Hall–Kier alpha value is -0.711. The minimum absolute atomic E-state index is 0.630. The second kappa shape index (κ2) is 11.8. The molecular weight excluding hydrogens is 407 g/mol. The van der Waals surface area contributed by atoms with Crippen LogP contribution in [0.25, 0.3) is 0 Å². The summed E-state index contributed by atoms with van der Waals surface area (Å²) in [7, 11) is 1.35. The summed E-state index contributed by atoms with van der Waals surface area (Å²) < 4.78 is 15.7. The van der Waals surface area contributed by atoms with Gasteiger partial charge in [-0.2, -0.15) is 0 Å². The molecule has 0 saturated heterocycles. The molecule has 0 radical (unpaired) electrons. The Balaban J connectivity index is 3.13. The number of benzene rings is 1. The molecule has 136 valence electrons. The van der Waals surface area contributed by atoms with Gasteiger partial charge < -0.3 is 0 Å². The van der Waals surface area contributed by atoms with Gasteiger partial charge in [0.05, 0.1) is 0 Å². The normalized spacial score (nSPS) is 11.3. The number of carbonyl (C=O) groups is 1. The van der Waals surface area contributed by atoms with E-state index in [1.165, 1.54) is 62.5 Å². The molecule has 0 atom stereocenters. The van der Waals surface area contributed by atoms with Crippen LogP contribution in [-0.4, -0.2) is 31.6 Å². The zero-order valence-corrected chi connectivity index (χ0v) is 18.8. The van der Waals surface area contributed by atoms with Crippen LogP contribution in [0.2, 0.25) is 13.3 Å². The number of unbranched alkanes of at least 4 members (excludes halogenated alkanes) is 3. The number of carbonyl (C=O) groups excluding carboxylic acids is 1. The molecule has 3 nitrogen and oxygen atoms in total. The zero-order chi connectivity index (χ0) is 17.8. The molecular formula is C20H34O3Sn. The average Bonchev–Trinajstić information content (AvgIpc) is 2.61. The fourth-order valence-electron chi connectivity index (χ4n) is 3.38. The summed E-state index contributed by atoms with van der Waals surface area (Å²) in [6, 6.07) is 8.33. The summed E-state index contributed by atoms with van der Waals surface area (Å²) in [4.78, 5) is 11.4. The van der Waals surface area contributed by atoms with Crippen LogP contribution < -0.4 is 8.32 Å². The zero-order valence-electron chi connectivity index (χ0n) is 15.9. The second-order valence-corrected chi connectivity index (χ2v) is 19.9. The molecule has 0 fully saturated rings. The predicted molar refractivity (Wildman–Crippen MR) is 104 cm³/mol. The van der Waals surface area contributed by atoms with Crippen LogP contribution >= 0.6 is 0 Å². The molecule has 1 aromatic carbocycles. The van der Waals surface area contributed by atoms with Gasteiger partial charge in [0.15, 0.2) is 0 Å². The van der Waals surface area contributed by atoms with Crippen LogP contribution in [0, 0.1) is 0 Å². The number of hydrogen-bond acceptors (Lipinski definition) is 3. The van der Waals surface area contributed by atoms with Gasteiger partial charge >= 0.3 is 152 Å². The molecule has 0 saturated carbocycles. The Morgan fingerprint density at radius 3 is 1.96 bits per heavy atom. The minimum atomic E-state index is -2.46. The maximum atomic E-state index is 11.4. The molecule has 4 heteroatoms. The second-order valence-electron chi connectivity index (χ2n) is 6.68. The summed E-state index contributed by atoms with van der Waals surface area (Å²) >= 11 is -2.46. The van der Waals surface area contributed by atoms with Gasteiger partial charge in [0.25, 0.3) is 0 Å². The maximum absolute atomic E-state index is 11.4. The van der Waals surface area contributed by atoms with E-state index in [4.69, 9.17) is 4.74 Å². The first-order valence-corrected chi connectivity index (χ1v) is 17.0. The van der Waals surface area contributed by atoms with Crippen molar-refractivity contribution in [3.05, 3.63) is 24.3 Å². The molecule has 0 heterocycles. The van der Waals surface area contributed by atoms with Gasteiger partial charge in [-0.1, -0.05) is 0 Å². The Bertz CT molecular complexity index is 466. The summed E-state index contributed by atoms with van der Waals surface area (Å²) in [5.41, 5.74) is 0. The van der Waals surface area contributed by atoms with Gasteiger partial charge in [-0.25, -0.2) is 0 Å². The van der Waals surface area contributed by atoms with Crippen molar-refractivity contribution in [2.24, 2.45) is 0 Å². The van der Waals surface area contributed by atoms with Crippen molar-refractivity contribution in [3.63, 3.8) is 0 Å². The molecule has 0 aromatic heterocycles. The Labute approximate surface area is 152 Å². The van der Waals surface area contributed by atoms with Crippen LogP contribution in [0.15, 0.2) is 24.3 Å². The molecule has 0 unspecified atom stereocenters. The number of rotatable bonds is 11. The van der Waals surface area contributed by atoms with Crippen LogP contribution in [0.5, 0.6) is 5.75 Å². The van der Waals surface area contributed by atoms with E-state index in [9.17, 15) is 4.79 Å². The van der Waals surface area contributed by atoms with Gasteiger partial charge in [0, 0.05) is 0 Å². The van der Waals surface area contributed by atoms with E-state index in [0.29, 0.717) is 5.75 Å². The fourth-order valence-corrected chi connectivity index (χ4v) is 19.4. The molecule has 0 spiro atoms. The monoisotopic (exact) mass is 442 g/mol. The third kappa shape index (κ3) is 6.65. The molecule has 0 bridgehead atoms. The van der Waals surface area contributed by atoms with Crippen molar-refractivity contribution in [3.8, 4) is 5.75 Å². The van der Waals surface area contributed by atoms with Crippen LogP contribution in [0.1, 0.15) is 59.3 Å². The van der Waals surface area contributed by atoms with Gasteiger partial charge in [0.1, 0.15) is 0 Å². The quantitative estimate of drug-likeness (QED) is 0.244. The standard InChI is InChI=1S/C8H7O3.3C4H9.Sn/c1-10-8(9)11-7-5-3-2-4-6-7;3*1-3-4-2;/h2-3,5-6H,1H3;3*1,3-4H2,2H3;.